The molecule has 0 radical (unpaired) electrons. The minimum absolute atomic E-state index is 0.106. The third kappa shape index (κ3) is 4.09. The minimum Gasteiger partial charge on any atom is -0.379 e. The van der Waals surface area contributed by atoms with E-state index in [1.165, 1.54) is 12.4 Å². The van der Waals surface area contributed by atoms with Gasteiger partial charge in [-0.2, -0.15) is 23.4 Å². The second-order valence-electron chi connectivity index (χ2n) is 6.29. The number of aromatic nitrogens is 3. The summed E-state index contributed by atoms with van der Waals surface area (Å²) < 4.78 is 52.1. The van der Waals surface area contributed by atoms with Gasteiger partial charge < -0.3 is 9.26 Å². The average molecular weight is 381 g/mol. The van der Waals surface area contributed by atoms with Crippen LogP contribution in [0, 0.1) is 11.3 Å². The first-order chi connectivity index (χ1) is 13.0. The summed E-state index contributed by atoms with van der Waals surface area (Å²) in [6.07, 6.45) is -1.41. The third-order valence-corrected chi connectivity index (χ3v) is 4.57. The van der Waals surface area contributed by atoms with Crippen LogP contribution in [-0.2, 0) is 10.2 Å². The quantitative estimate of drug-likeness (QED) is 0.681. The summed E-state index contributed by atoms with van der Waals surface area (Å²) in [5.74, 6) is -0.316. The molecule has 144 valence electrons. The van der Waals surface area contributed by atoms with Crippen LogP contribution in [0.1, 0.15) is 18.7 Å². The maximum atomic E-state index is 13.9. The number of rotatable bonds is 7. The molecule has 27 heavy (non-hydrogen) atoms. The maximum Gasteiger partial charge on any atom is 0.404 e. The van der Waals surface area contributed by atoms with E-state index in [0.717, 1.165) is 0 Å². The molecule has 0 amide bonds. The standard InChI is InChI=1S/C17H18F3N5O2/c18-17(19,20)16(4-8-25(12-16)9-11-26-10-1-5-21)15-23-14(24-27-15)13-2-6-22-7-3-13/h2-3,6-7H,1,4,8-12H2. The lowest BCUT2D eigenvalue weighted by Crippen LogP contribution is -2.45. The largest absolute Gasteiger partial charge is 0.404 e. The minimum atomic E-state index is -4.52. The number of alkyl halides is 3. The first-order valence-corrected chi connectivity index (χ1v) is 8.45. The molecule has 1 aliphatic heterocycles. The summed E-state index contributed by atoms with van der Waals surface area (Å²) in [5, 5.41) is 12.2. The van der Waals surface area contributed by atoms with Gasteiger partial charge in [0.15, 0.2) is 5.41 Å². The summed E-state index contributed by atoms with van der Waals surface area (Å²) in [6.45, 7) is 0.855. The fourth-order valence-corrected chi connectivity index (χ4v) is 3.06. The van der Waals surface area contributed by atoms with Crippen molar-refractivity contribution in [3.8, 4) is 17.5 Å². The fourth-order valence-electron chi connectivity index (χ4n) is 3.06. The number of halogens is 3. The van der Waals surface area contributed by atoms with Crippen molar-refractivity contribution in [2.45, 2.75) is 24.4 Å². The van der Waals surface area contributed by atoms with Gasteiger partial charge in [0.2, 0.25) is 11.7 Å². The van der Waals surface area contributed by atoms with Crippen LogP contribution < -0.4 is 0 Å². The molecule has 3 heterocycles. The first kappa shape index (κ1) is 19.3. The molecule has 7 nitrogen and oxygen atoms in total. The maximum absolute atomic E-state index is 13.9. The molecule has 0 aliphatic carbocycles. The normalized spacial score (nSPS) is 20.7. The van der Waals surface area contributed by atoms with E-state index >= 15 is 0 Å². The van der Waals surface area contributed by atoms with Gasteiger partial charge in [-0.25, -0.2) is 0 Å². The third-order valence-electron chi connectivity index (χ3n) is 4.57. The van der Waals surface area contributed by atoms with Crippen molar-refractivity contribution in [2.24, 2.45) is 0 Å². The summed E-state index contributed by atoms with van der Waals surface area (Å²) in [6, 6.07) is 5.16. The van der Waals surface area contributed by atoms with Gasteiger partial charge in [-0.1, -0.05) is 5.16 Å². The van der Waals surface area contributed by atoms with Crippen LogP contribution in [-0.4, -0.2) is 59.0 Å². The Hall–Kier alpha value is -2.51. The molecule has 0 spiro atoms. The van der Waals surface area contributed by atoms with Gasteiger partial charge >= 0.3 is 6.18 Å². The van der Waals surface area contributed by atoms with Crippen molar-refractivity contribution in [1.82, 2.24) is 20.0 Å². The lowest BCUT2D eigenvalue weighted by Gasteiger charge is -2.28. The molecule has 0 N–H and O–H groups in total. The van der Waals surface area contributed by atoms with Crippen molar-refractivity contribution >= 4 is 0 Å². The van der Waals surface area contributed by atoms with Crippen LogP contribution >= 0.6 is 0 Å². The molecule has 0 bridgehead atoms. The van der Waals surface area contributed by atoms with E-state index < -0.39 is 17.5 Å². The Morgan fingerprint density at radius 3 is 2.78 bits per heavy atom. The van der Waals surface area contributed by atoms with E-state index in [1.807, 2.05) is 6.07 Å². The highest BCUT2D eigenvalue weighted by Crippen LogP contribution is 2.47. The Balaban J connectivity index is 1.74. The fraction of sp³-hybridized carbons (Fsp3) is 0.529. The SMILES string of the molecule is N#CCCOCCN1CCC(c2nc(-c3ccncc3)no2)(C(F)(F)F)C1. The average Bonchev–Trinajstić information content (AvgIpc) is 3.30. The van der Waals surface area contributed by atoms with Gasteiger partial charge in [0.25, 0.3) is 0 Å². The zero-order valence-electron chi connectivity index (χ0n) is 14.4. The van der Waals surface area contributed by atoms with Gasteiger partial charge in [0, 0.05) is 31.0 Å². The van der Waals surface area contributed by atoms with E-state index in [0.29, 0.717) is 12.1 Å². The summed E-state index contributed by atoms with van der Waals surface area (Å²) in [5.41, 5.74) is -1.66. The van der Waals surface area contributed by atoms with E-state index in [9.17, 15) is 13.2 Å². The molecule has 1 fully saturated rings. The molecule has 10 heteroatoms. The highest BCUT2D eigenvalue weighted by Gasteiger charge is 2.62. The summed E-state index contributed by atoms with van der Waals surface area (Å²) >= 11 is 0. The van der Waals surface area contributed by atoms with Crippen LogP contribution in [0.4, 0.5) is 13.2 Å². The Kier molecular flexibility index (Phi) is 5.72. The van der Waals surface area contributed by atoms with Gasteiger partial charge in [-0.3, -0.25) is 9.88 Å². The zero-order chi connectivity index (χ0) is 19.3. The highest BCUT2D eigenvalue weighted by molar-refractivity contribution is 5.52. The number of likely N-dealkylation sites (tertiary alicyclic amines) is 1. The van der Waals surface area contributed by atoms with Gasteiger partial charge in [0.05, 0.1) is 25.7 Å². The second-order valence-corrected chi connectivity index (χ2v) is 6.29. The molecule has 2 aromatic heterocycles. The van der Waals surface area contributed by atoms with Crippen LogP contribution in [0.25, 0.3) is 11.4 Å². The highest BCUT2D eigenvalue weighted by atomic mass is 19.4. The van der Waals surface area contributed by atoms with Crippen LogP contribution in [0.3, 0.4) is 0 Å². The number of nitriles is 1. The smallest absolute Gasteiger partial charge is 0.379 e. The van der Waals surface area contributed by atoms with Crippen LogP contribution in [0.5, 0.6) is 0 Å². The lowest BCUT2D eigenvalue weighted by atomic mass is 9.86. The molecule has 2 aromatic rings. The lowest BCUT2D eigenvalue weighted by molar-refractivity contribution is -0.193. The van der Waals surface area contributed by atoms with E-state index in [2.05, 4.69) is 15.1 Å². The van der Waals surface area contributed by atoms with E-state index in [1.54, 1.807) is 17.0 Å². The molecule has 0 aromatic carbocycles. The summed E-state index contributed by atoms with van der Waals surface area (Å²) in [7, 11) is 0. The predicted octanol–water partition coefficient (Wildman–Crippen LogP) is 2.57. The van der Waals surface area contributed by atoms with Crippen molar-refractivity contribution in [3.63, 3.8) is 0 Å². The van der Waals surface area contributed by atoms with Gasteiger partial charge in [0.1, 0.15) is 0 Å². The summed E-state index contributed by atoms with van der Waals surface area (Å²) in [4.78, 5) is 9.56. The number of hydrogen-bond acceptors (Lipinski definition) is 7. The number of hydrogen-bond donors (Lipinski definition) is 0. The molecule has 3 rings (SSSR count). The van der Waals surface area contributed by atoms with Gasteiger partial charge in [-0.15, -0.1) is 0 Å². The van der Waals surface area contributed by atoms with Gasteiger partial charge in [-0.05, 0) is 25.1 Å². The van der Waals surface area contributed by atoms with E-state index in [-0.39, 0.29) is 45.0 Å². The molecule has 1 aliphatic rings. The Morgan fingerprint density at radius 1 is 1.30 bits per heavy atom. The Bertz CT molecular complexity index is 790. The molecule has 1 atom stereocenters. The molecule has 0 saturated carbocycles. The second kappa shape index (κ2) is 8.02. The van der Waals surface area contributed by atoms with Crippen molar-refractivity contribution in [1.29, 1.82) is 5.26 Å². The number of pyridine rings is 1. The zero-order valence-corrected chi connectivity index (χ0v) is 14.4. The molecule has 1 saturated heterocycles. The first-order valence-electron chi connectivity index (χ1n) is 8.45. The van der Waals surface area contributed by atoms with Crippen molar-refractivity contribution < 1.29 is 22.4 Å². The number of nitrogens with zero attached hydrogens (tertiary/aromatic N) is 5. The van der Waals surface area contributed by atoms with Crippen molar-refractivity contribution in [2.75, 3.05) is 32.8 Å². The molecule has 1 unspecified atom stereocenters. The monoisotopic (exact) mass is 381 g/mol. The molecular formula is C17H18F3N5O2. The molecular weight excluding hydrogens is 363 g/mol. The Morgan fingerprint density at radius 2 is 2.07 bits per heavy atom. The Labute approximate surface area is 153 Å². The van der Waals surface area contributed by atoms with E-state index in [4.69, 9.17) is 14.5 Å². The topological polar surface area (TPSA) is 88.1 Å². The van der Waals surface area contributed by atoms with Crippen LogP contribution in [0.2, 0.25) is 0 Å². The number of ether oxygens (including phenoxy) is 1. The predicted molar refractivity (Wildman–Crippen MR) is 87.4 cm³/mol. The van der Waals surface area contributed by atoms with Crippen LogP contribution in [0.15, 0.2) is 29.0 Å². The van der Waals surface area contributed by atoms with Crippen molar-refractivity contribution in [3.05, 3.63) is 30.4 Å².